The van der Waals surface area contributed by atoms with Crippen LogP contribution in [0, 0.1) is 0 Å². The molecule has 0 atom stereocenters. The van der Waals surface area contributed by atoms with Gasteiger partial charge < -0.3 is 14.2 Å². The maximum Gasteiger partial charge on any atom is 0.148 e. The van der Waals surface area contributed by atoms with Crippen molar-refractivity contribution in [3.8, 4) is 11.5 Å². The van der Waals surface area contributed by atoms with Crippen LogP contribution in [0.3, 0.4) is 0 Å². The Balaban J connectivity index is 1.93. The van der Waals surface area contributed by atoms with E-state index in [4.69, 9.17) is 14.2 Å². The number of ether oxygens (including phenoxy) is 3. The third kappa shape index (κ3) is 4.42. The Morgan fingerprint density at radius 2 is 1.69 bits per heavy atom. The zero-order valence-corrected chi connectivity index (χ0v) is 14.9. The molecule has 0 saturated carbocycles. The second-order valence-electron chi connectivity index (χ2n) is 5.63. The van der Waals surface area contributed by atoms with Crippen LogP contribution in [0.4, 0.5) is 0 Å². The Bertz CT molecular complexity index is 858. The lowest BCUT2D eigenvalue weighted by Crippen LogP contribution is -1.98. The Morgan fingerprint density at radius 1 is 0.923 bits per heavy atom. The molecule has 0 unspecified atom stereocenters. The highest BCUT2D eigenvalue weighted by atomic mass is 16.5. The Morgan fingerprint density at radius 3 is 2.38 bits per heavy atom. The largest absolute Gasteiger partial charge is 0.497 e. The predicted octanol–water partition coefficient (Wildman–Crippen LogP) is 4.81. The molecular weight excluding hydrogens is 326 g/mol. The number of pyridine rings is 1. The van der Waals surface area contributed by atoms with Gasteiger partial charge in [-0.25, -0.2) is 0 Å². The van der Waals surface area contributed by atoms with Crippen molar-refractivity contribution in [3.05, 3.63) is 89.7 Å². The Labute approximate surface area is 153 Å². The van der Waals surface area contributed by atoms with Crippen LogP contribution in [-0.4, -0.2) is 19.2 Å². The summed E-state index contributed by atoms with van der Waals surface area (Å²) in [6.45, 7) is 0.467. The second kappa shape index (κ2) is 8.72. The Kier molecular flexibility index (Phi) is 5.88. The van der Waals surface area contributed by atoms with Crippen molar-refractivity contribution in [2.75, 3.05) is 14.2 Å². The molecule has 0 amide bonds. The van der Waals surface area contributed by atoms with Gasteiger partial charge in [0.25, 0.3) is 0 Å². The first-order valence-electron chi connectivity index (χ1n) is 8.31. The molecule has 0 spiro atoms. The molecule has 0 fully saturated rings. The molecule has 0 aliphatic carbocycles. The van der Waals surface area contributed by atoms with Crippen LogP contribution in [0.15, 0.2) is 73.1 Å². The fourth-order valence-corrected chi connectivity index (χ4v) is 2.53. The smallest absolute Gasteiger partial charge is 0.148 e. The van der Waals surface area contributed by atoms with E-state index in [2.05, 4.69) is 4.98 Å². The molecule has 4 nitrogen and oxygen atoms in total. The van der Waals surface area contributed by atoms with Crippen molar-refractivity contribution in [1.82, 2.24) is 4.98 Å². The molecule has 0 aliphatic heterocycles. The number of rotatable bonds is 7. The van der Waals surface area contributed by atoms with Crippen LogP contribution < -0.4 is 9.47 Å². The molecule has 26 heavy (non-hydrogen) atoms. The lowest BCUT2D eigenvalue weighted by Gasteiger charge is -2.14. The molecule has 0 saturated heterocycles. The summed E-state index contributed by atoms with van der Waals surface area (Å²) in [5, 5.41) is 0. The molecule has 0 aliphatic rings. The van der Waals surface area contributed by atoms with E-state index in [1.165, 1.54) is 0 Å². The first kappa shape index (κ1) is 17.5. The lowest BCUT2D eigenvalue weighted by molar-refractivity contribution is 0.264. The van der Waals surface area contributed by atoms with Crippen LogP contribution in [0.25, 0.3) is 11.8 Å². The van der Waals surface area contributed by atoms with Crippen LogP contribution in [-0.2, 0) is 11.3 Å². The molecule has 1 heterocycles. The van der Waals surface area contributed by atoms with Crippen molar-refractivity contribution in [2.24, 2.45) is 0 Å². The summed E-state index contributed by atoms with van der Waals surface area (Å²) in [7, 11) is 3.28. The number of benzene rings is 2. The van der Waals surface area contributed by atoms with Gasteiger partial charge in [-0.1, -0.05) is 42.5 Å². The van der Waals surface area contributed by atoms with Crippen molar-refractivity contribution < 1.29 is 14.2 Å². The zero-order valence-electron chi connectivity index (χ0n) is 14.9. The van der Waals surface area contributed by atoms with E-state index in [1.54, 1.807) is 26.6 Å². The van der Waals surface area contributed by atoms with Crippen molar-refractivity contribution in [1.29, 1.82) is 0 Å². The van der Waals surface area contributed by atoms with Crippen molar-refractivity contribution in [2.45, 2.75) is 6.61 Å². The van der Waals surface area contributed by atoms with Crippen LogP contribution >= 0.6 is 0 Å². The molecular formula is C22H21NO3. The average molecular weight is 347 g/mol. The van der Waals surface area contributed by atoms with Crippen LogP contribution in [0.1, 0.15) is 16.7 Å². The van der Waals surface area contributed by atoms with E-state index in [0.717, 1.165) is 28.2 Å². The summed E-state index contributed by atoms with van der Waals surface area (Å²) in [6.07, 6.45) is 5.40. The first-order valence-corrected chi connectivity index (χ1v) is 8.31. The van der Waals surface area contributed by atoms with Crippen LogP contribution in [0.2, 0.25) is 0 Å². The molecule has 4 heteroatoms. The van der Waals surface area contributed by atoms with E-state index in [9.17, 15) is 0 Å². The zero-order chi connectivity index (χ0) is 18.2. The SMILES string of the molecule is COc1ccc(C=C(OCc2ccccc2)c2ccncc2OC)cc1. The molecule has 3 aromatic rings. The van der Waals surface area contributed by atoms with Gasteiger partial charge in [0.15, 0.2) is 0 Å². The highest BCUT2D eigenvalue weighted by Crippen LogP contribution is 2.29. The molecule has 3 rings (SSSR count). The highest BCUT2D eigenvalue weighted by Gasteiger charge is 2.11. The van der Waals surface area contributed by atoms with Crippen molar-refractivity contribution >= 4 is 11.8 Å². The van der Waals surface area contributed by atoms with Gasteiger partial charge in [0.05, 0.1) is 26.0 Å². The molecule has 1 aromatic heterocycles. The van der Waals surface area contributed by atoms with Gasteiger partial charge in [-0.05, 0) is 35.4 Å². The highest BCUT2D eigenvalue weighted by molar-refractivity contribution is 5.79. The third-order valence-corrected chi connectivity index (χ3v) is 3.92. The molecule has 0 N–H and O–H groups in total. The number of hydrogen-bond donors (Lipinski definition) is 0. The van der Waals surface area contributed by atoms with Gasteiger partial charge in [0.2, 0.25) is 0 Å². The number of hydrogen-bond acceptors (Lipinski definition) is 4. The topological polar surface area (TPSA) is 40.6 Å². The van der Waals surface area contributed by atoms with Gasteiger partial charge in [-0.15, -0.1) is 0 Å². The summed E-state index contributed by atoms with van der Waals surface area (Å²) in [4.78, 5) is 4.12. The predicted molar refractivity (Wildman–Crippen MR) is 103 cm³/mol. The van der Waals surface area contributed by atoms with Gasteiger partial charge in [-0.2, -0.15) is 0 Å². The third-order valence-electron chi connectivity index (χ3n) is 3.92. The standard InChI is InChI=1S/C22H21NO3/c1-24-19-10-8-17(9-11-19)14-21(20-12-13-23-15-22(20)25-2)26-16-18-6-4-3-5-7-18/h3-15H,16H2,1-2H3. The number of nitrogens with zero attached hydrogens (tertiary/aromatic N) is 1. The summed E-state index contributed by atoms with van der Waals surface area (Å²) in [6, 6.07) is 19.8. The fraction of sp³-hybridized carbons (Fsp3) is 0.136. The van der Waals surface area contributed by atoms with Crippen LogP contribution in [0.5, 0.6) is 11.5 Å². The minimum atomic E-state index is 0.467. The van der Waals surface area contributed by atoms with Gasteiger partial charge in [0, 0.05) is 6.20 Å². The van der Waals surface area contributed by atoms with E-state index in [1.807, 2.05) is 66.7 Å². The maximum absolute atomic E-state index is 6.14. The summed E-state index contributed by atoms with van der Waals surface area (Å²) < 4.78 is 16.8. The number of methoxy groups -OCH3 is 2. The lowest BCUT2D eigenvalue weighted by atomic mass is 10.1. The van der Waals surface area contributed by atoms with E-state index in [0.29, 0.717) is 12.4 Å². The maximum atomic E-state index is 6.14. The molecule has 0 radical (unpaired) electrons. The van der Waals surface area contributed by atoms with Gasteiger partial charge in [0.1, 0.15) is 23.9 Å². The summed E-state index contributed by atoms with van der Waals surface area (Å²) in [5.74, 6) is 2.20. The van der Waals surface area contributed by atoms with Gasteiger partial charge in [-0.3, -0.25) is 4.98 Å². The molecule has 2 aromatic carbocycles. The second-order valence-corrected chi connectivity index (χ2v) is 5.63. The fourth-order valence-electron chi connectivity index (χ4n) is 2.53. The molecule has 132 valence electrons. The van der Waals surface area contributed by atoms with E-state index < -0.39 is 0 Å². The minimum absolute atomic E-state index is 0.467. The van der Waals surface area contributed by atoms with Crippen molar-refractivity contribution in [3.63, 3.8) is 0 Å². The first-order chi connectivity index (χ1) is 12.8. The van der Waals surface area contributed by atoms with E-state index in [-0.39, 0.29) is 0 Å². The minimum Gasteiger partial charge on any atom is -0.497 e. The number of aromatic nitrogens is 1. The van der Waals surface area contributed by atoms with Gasteiger partial charge >= 0.3 is 0 Å². The summed E-state index contributed by atoms with van der Waals surface area (Å²) in [5.41, 5.74) is 2.96. The van der Waals surface area contributed by atoms with E-state index >= 15 is 0 Å². The average Bonchev–Trinajstić information content (AvgIpc) is 2.72. The quantitative estimate of drug-likeness (QED) is 0.575. The Hall–Kier alpha value is -3.27. The molecule has 0 bridgehead atoms. The monoisotopic (exact) mass is 347 g/mol. The normalized spacial score (nSPS) is 11.1. The summed E-state index contributed by atoms with van der Waals surface area (Å²) >= 11 is 0.